The van der Waals surface area contributed by atoms with Gasteiger partial charge < -0.3 is 0 Å². The second kappa shape index (κ2) is 5.59. The minimum Gasteiger partial charge on any atom is -0.273 e. The van der Waals surface area contributed by atoms with Crippen molar-refractivity contribution in [2.75, 3.05) is 0 Å². The molecule has 0 atom stereocenters. The number of hydrazine groups is 1. The molecule has 2 amide bonds. The number of hydrogen-bond donors (Lipinski definition) is 2. The van der Waals surface area contributed by atoms with Crippen molar-refractivity contribution >= 4 is 35.0 Å². The number of amides is 2. The Morgan fingerprint density at radius 1 is 1.22 bits per heavy atom. The Labute approximate surface area is 115 Å². The van der Waals surface area contributed by atoms with E-state index < -0.39 is 0 Å². The Bertz CT molecular complexity index is 487. The molecule has 1 aromatic rings. The Hall–Kier alpha value is -1.26. The van der Waals surface area contributed by atoms with Crippen molar-refractivity contribution in [3.05, 3.63) is 33.8 Å². The zero-order chi connectivity index (χ0) is 13.1. The van der Waals surface area contributed by atoms with Crippen molar-refractivity contribution in [2.45, 2.75) is 19.3 Å². The summed E-state index contributed by atoms with van der Waals surface area (Å²) in [5.41, 5.74) is 5.42. The van der Waals surface area contributed by atoms with Gasteiger partial charge in [-0.15, -0.1) is 0 Å². The standard InChI is InChI=1S/C12H12Cl2N2O2/c13-9-4-3-8(10(14)6-9)5-11(17)15-16-12(18)7-1-2-7/h3-4,6-7H,1-2,5H2,(H,15,17)(H,16,18). The molecule has 0 spiro atoms. The van der Waals surface area contributed by atoms with Gasteiger partial charge in [-0.2, -0.15) is 0 Å². The van der Waals surface area contributed by atoms with Crippen LogP contribution in [0.15, 0.2) is 18.2 Å². The van der Waals surface area contributed by atoms with Gasteiger partial charge in [0.05, 0.1) is 6.42 Å². The molecule has 1 saturated carbocycles. The van der Waals surface area contributed by atoms with E-state index in [1.165, 1.54) is 0 Å². The summed E-state index contributed by atoms with van der Waals surface area (Å²) in [5.74, 6) is -0.386. The molecule has 0 bridgehead atoms. The first-order chi connectivity index (χ1) is 8.56. The van der Waals surface area contributed by atoms with Gasteiger partial charge in [-0.25, -0.2) is 0 Å². The van der Waals surface area contributed by atoms with Crippen LogP contribution in [-0.2, 0) is 16.0 Å². The van der Waals surface area contributed by atoms with E-state index in [-0.39, 0.29) is 24.2 Å². The molecule has 0 aliphatic heterocycles. The summed E-state index contributed by atoms with van der Waals surface area (Å²) in [6, 6.07) is 4.93. The number of nitrogens with one attached hydrogen (secondary N) is 2. The quantitative estimate of drug-likeness (QED) is 0.836. The van der Waals surface area contributed by atoms with Crippen LogP contribution in [0, 0.1) is 5.92 Å². The summed E-state index contributed by atoms with van der Waals surface area (Å²) in [5, 5.41) is 0.956. The fourth-order valence-electron chi connectivity index (χ4n) is 1.46. The van der Waals surface area contributed by atoms with Crippen LogP contribution in [0.2, 0.25) is 10.0 Å². The first-order valence-electron chi connectivity index (χ1n) is 5.59. The number of carbonyl (C=O) groups is 2. The smallest absolute Gasteiger partial charge is 0.242 e. The molecule has 4 nitrogen and oxygen atoms in total. The van der Waals surface area contributed by atoms with Crippen LogP contribution in [0.1, 0.15) is 18.4 Å². The number of carbonyl (C=O) groups excluding carboxylic acids is 2. The highest BCUT2D eigenvalue weighted by atomic mass is 35.5. The molecule has 0 unspecified atom stereocenters. The van der Waals surface area contributed by atoms with Crippen molar-refractivity contribution in [3.63, 3.8) is 0 Å². The van der Waals surface area contributed by atoms with Gasteiger partial charge in [0.25, 0.3) is 0 Å². The molecule has 2 N–H and O–H groups in total. The average Bonchev–Trinajstić information content (AvgIpc) is 3.14. The summed E-state index contributed by atoms with van der Waals surface area (Å²) < 4.78 is 0. The summed E-state index contributed by atoms with van der Waals surface area (Å²) in [4.78, 5) is 22.9. The highest BCUT2D eigenvalue weighted by molar-refractivity contribution is 6.35. The van der Waals surface area contributed by atoms with Crippen LogP contribution in [0.5, 0.6) is 0 Å². The number of hydrogen-bond acceptors (Lipinski definition) is 2. The van der Waals surface area contributed by atoms with E-state index in [9.17, 15) is 9.59 Å². The summed E-state index contributed by atoms with van der Waals surface area (Å²) in [6.45, 7) is 0. The Morgan fingerprint density at radius 2 is 1.94 bits per heavy atom. The van der Waals surface area contributed by atoms with E-state index in [1.807, 2.05) is 0 Å². The van der Waals surface area contributed by atoms with Gasteiger partial charge in [-0.05, 0) is 30.5 Å². The van der Waals surface area contributed by atoms with E-state index in [0.717, 1.165) is 12.8 Å². The second-order valence-electron chi connectivity index (χ2n) is 4.22. The molecule has 0 radical (unpaired) electrons. The second-order valence-corrected chi connectivity index (χ2v) is 5.07. The zero-order valence-corrected chi connectivity index (χ0v) is 11.0. The van der Waals surface area contributed by atoms with E-state index >= 15 is 0 Å². The van der Waals surface area contributed by atoms with E-state index in [1.54, 1.807) is 18.2 Å². The fourth-order valence-corrected chi connectivity index (χ4v) is 1.94. The van der Waals surface area contributed by atoms with Crippen molar-refractivity contribution < 1.29 is 9.59 Å². The third-order valence-electron chi connectivity index (χ3n) is 2.64. The summed E-state index contributed by atoms with van der Waals surface area (Å²) in [7, 11) is 0. The summed E-state index contributed by atoms with van der Waals surface area (Å²) in [6.07, 6.45) is 1.89. The number of rotatable bonds is 3. The van der Waals surface area contributed by atoms with Crippen LogP contribution < -0.4 is 10.9 Å². The van der Waals surface area contributed by atoms with Gasteiger partial charge in [0, 0.05) is 16.0 Å². The summed E-state index contributed by atoms with van der Waals surface area (Å²) >= 11 is 11.7. The van der Waals surface area contributed by atoms with Crippen molar-refractivity contribution in [1.82, 2.24) is 10.9 Å². The normalized spacial score (nSPS) is 14.1. The first-order valence-corrected chi connectivity index (χ1v) is 6.34. The lowest BCUT2D eigenvalue weighted by Gasteiger charge is -2.07. The maximum atomic E-state index is 11.6. The molecule has 96 valence electrons. The predicted molar refractivity (Wildman–Crippen MR) is 69.2 cm³/mol. The van der Waals surface area contributed by atoms with E-state index in [4.69, 9.17) is 23.2 Å². The molecule has 1 aliphatic rings. The van der Waals surface area contributed by atoms with Gasteiger partial charge in [0.1, 0.15) is 0 Å². The van der Waals surface area contributed by atoms with Gasteiger partial charge in [-0.1, -0.05) is 29.3 Å². The van der Waals surface area contributed by atoms with Crippen LogP contribution in [-0.4, -0.2) is 11.8 Å². The zero-order valence-electron chi connectivity index (χ0n) is 9.50. The monoisotopic (exact) mass is 286 g/mol. The third kappa shape index (κ3) is 3.62. The highest BCUT2D eigenvalue weighted by Gasteiger charge is 2.29. The van der Waals surface area contributed by atoms with Crippen LogP contribution in [0.4, 0.5) is 0 Å². The Morgan fingerprint density at radius 3 is 2.56 bits per heavy atom. The van der Waals surface area contributed by atoms with Crippen LogP contribution >= 0.6 is 23.2 Å². The van der Waals surface area contributed by atoms with Gasteiger partial charge in [0.15, 0.2) is 0 Å². The van der Waals surface area contributed by atoms with Crippen molar-refractivity contribution in [1.29, 1.82) is 0 Å². The lowest BCUT2D eigenvalue weighted by atomic mass is 10.1. The first kappa shape index (κ1) is 13.2. The molecular formula is C12H12Cl2N2O2. The lowest BCUT2D eigenvalue weighted by Crippen LogP contribution is -2.43. The van der Waals surface area contributed by atoms with Crippen LogP contribution in [0.3, 0.4) is 0 Å². The molecule has 6 heteroatoms. The predicted octanol–water partition coefficient (Wildman–Crippen LogP) is 2.09. The van der Waals surface area contributed by atoms with Crippen molar-refractivity contribution in [2.24, 2.45) is 5.92 Å². The largest absolute Gasteiger partial charge is 0.273 e. The van der Waals surface area contributed by atoms with Gasteiger partial charge >= 0.3 is 0 Å². The minimum atomic E-state index is -0.312. The Balaban J connectivity index is 1.84. The molecule has 1 fully saturated rings. The lowest BCUT2D eigenvalue weighted by molar-refractivity contribution is -0.129. The average molecular weight is 287 g/mol. The topological polar surface area (TPSA) is 58.2 Å². The highest BCUT2D eigenvalue weighted by Crippen LogP contribution is 2.28. The van der Waals surface area contributed by atoms with Gasteiger partial charge in [-0.3, -0.25) is 20.4 Å². The third-order valence-corrected chi connectivity index (χ3v) is 3.23. The van der Waals surface area contributed by atoms with E-state index in [2.05, 4.69) is 10.9 Å². The van der Waals surface area contributed by atoms with Crippen LogP contribution in [0.25, 0.3) is 0 Å². The van der Waals surface area contributed by atoms with Crippen molar-refractivity contribution in [3.8, 4) is 0 Å². The number of benzene rings is 1. The molecule has 2 rings (SSSR count). The molecule has 1 aromatic carbocycles. The fraction of sp³-hybridized carbons (Fsp3) is 0.333. The number of halogens is 2. The molecule has 0 aromatic heterocycles. The van der Waals surface area contributed by atoms with Gasteiger partial charge in [0.2, 0.25) is 11.8 Å². The molecule has 1 aliphatic carbocycles. The molecule has 18 heavy (non-hydrogen) atoms. The Kier molecular flexibility index (Phi) is 4.09. The maximum absolute atomic E-state index is 11.6. The van der Waals surface area contributed by atoms with E-state index in [0.29, 0.717) is 15.6 Å². The molecular weight excluding hydrogens is 275 g/mol. The SMILES string of the molecule is O=C(Cc1ccc(Cl)cc1Cl)NNC(=O)C1CC1. The minimum absolute atomic E-state index is 0.0596. The molecule has 0 saturated heterocycles. The molecule has 0 heterocycles. The maximum Gasteiger partial charge on any atom is 0.242 e.